The van der Waals surface area contributed by atoms with Crippen molar-refractivity contribution in [3.05, 3.63) is 54.7 Å². The van der Waals surface area contributed by atoms with Gasteiger partial charge in [-0.2, -0.15) is 0 Å². The molecule has 0 aliphatic carbocycles. The molecule has 1 unspecified atom stereocenters. The first-order chi connectivity index (χ1) is 13.0. The molecule has 3 aromatic rings. The van der Waals surface area contributed by atoms with Crippen LogP contribution in [0.15, 0.2) is 59.6 Å². The fourth-order valence-electron chi connectivity index (χ4n) is 2.87. The molecule has 0 aliphatic rings. The number of ether oxygens (including phenoxy) is 2. The molecule has 2 aromatic carbocycles. The second-order valence-corrected chi connectivity index (χ2v) is 7.95. The van der Waals surface area contributed by atoms with Crippen LogP contribution in [0.5, 0.6) is 17.2 Å². The standard InChI is InChI=1S/C20H23N3O3S/c1-4-23(5-2)27(21,24)17-9-6-15(7-10-17)26-20-12-13-22-19-14-16(25-3)8-11-18(19)20/h6-14,21H,4-5H2,1-3H3. The van der Waals surface area contributed by atoms with Gasteiger partial charge in [0.1, 0.15) is 27.2 Å². The van der Waals surface area contributed by atoms with E-state index in [-0.39, 0.29) is 0 Å². The van der Waals surface area contributed by atoms with Crippen molar-refractivity contribution in [2.45, 2.75) is 18.7 Å². The molecular formula is C20H23N3O3S. The third-order valence-corrected chi connectivity index (χ3v) is 6.50. The second kappa shape index (κ2) is 7.94. The van der Waals surface area contributed by atoms with Gasteiger partial charge in [-0.1, -0.05) is 13.8 Å². The van der Waals surface area contributed by atoms with Gasteiger partial charge in [-0.05, 0) is 42.5 Å². The van der Waals surface area contributed by atoms with Gasteiger partial charge in [0.05, 0.1) is 17.5 Å². The third-order valence-electron chi connectivity index (χ3n) is 4.35. The summed E-state index contributed by atoms with van der Waals surface area (Å²) in [6.45, 7) is 4.92. The lowest BCUT2D eigenvalue weighted by molar-refractivity contribution is 0.415. The normalized spacial score (nSPS) is 13.5. The molecule has 1 aromatic heterocycles. The monoisotopic (exact) mass is 385 g/mol. The van der Waals surface area contributed by atoms with E-state index in [1.54, 1.807) is 47.9 Å². The highest BCUT2D eigenvalue weighted by Crippen LogP contribution is 2.31. The van der Waals surface area contributed by atoms with Gasteiger partial charge in [0.25, 0.3) is 0 Å². The Balaban J connectivity index is 1.88. The predicted molar refractivity (Wildman–Crippen MR) is 107 cm³/mol. The van der Waals surface area contributed by atoms with Crippen LogP contribution in [-0.2, 0) is 9.92 Å². The van der Waals surface area contributed by atoms with Crippen LogP contribution in [0.3, 0.4) is 0 Å². The van der Waals surface area contributed by atoms with E-state index < -0.39 is 9.92 Å². The fourth-order valence-corrected chi connectivity index (χ4v) is 4.40. The Labute approximate surface area is 159 Å². The first kappa shape index (κ1) is 19.1. The average Bonchev–Trinajstić information content (AvgIpc) is 2.69. The van der Waals surface area contributed by atoms with Gasteiger partial charge in [-0.25, -0.2) is 13.3 Å². The van der Waals surface area contributed by atoms with E-state index in [9.17, 15) is 4.21 Å². The SMILES string of the molecule is CCN(CC)S(=N)(=O)c1ccc(Oc2ccnc3cc(OC)ccc23)cc1. The van der Waals surface area contributed by atoms with Gasteiger partial charge in [-0.3, -0.25) is 4.98 Å². The number of pyridine rings is 1. The summed E-state index contributed by atoms with van der Waals surface area (Å²) in [7, 11) is -1.36. The van der Waals surface area contributed by atoms with Crippen LogP contribution in [-0.4, -0.2) is 33.7 Å². The minimum absolute atomic E-state index is 0.475. The van der Waals surface area contributed by atoms with Crippen LogP contribution in [0.1, 0.15) is 13.8 Å². The van der Waals surface area contributed by atoms with Crippen LogP contribution in [0.4, 0.5) is 0 Å². The molecule has 0 amide bonds. The Morgan fingerprint density at radius 1 is 1.04 bits per heavy atom. The smallest absolute Gasteiger partial charge is 0.138 e. The summed E-state index contributed by atoms with van der Waals surface area (Å²) in [6, 6.07) is 14.3. The molecule has 1 atom stereocenters. The number of hydrogen-bond donors (Lipinski definition) is 1. The van der Waals surface area contributed by atoms with E-state index in [2.05, 4.69) is 4.98 Å². The van der Waals surface area contributed by atoms with Crippen LogP contribution >= 0.6 is 0 Å². The summed E-state index contributed by atoms with van der Waals surface area (Å²) < 4.78 is 33.9. The van der Waals surface area contributed by atoms with Crippen LogP contribution < -0.4 is 9.47 Å². The molecule has 0 fully saturated rings. The van der Waals surface area contributed by atoms with Crippen molar-refractivity contribution in [2.24, 2.45) is 0 Å². The Morgan fingerprint density at radius 3 is 2.33 bits per heavy atom. The van der Waals surface area contributed by atoms with Gasteiger partial charge in [0.2, 0.25) is 0 Å². The Morgan fingerprint density at radius 2 is 1.70 bits per heavy atom. The molecular weight excluding hydrogens is 362 g/mol. The molecule has 1 heterocycles. The molecule has 0 aliphatic heterocycles. The number of fused-ring (bicyclic) bond motifs is 1. The summed E-state index contributed by atoms with van der Waals surface area (Å²) >= 11 is 0. The number of nitrogens with one attached hydrogen (secondary N) is 1. The average molecular weight is 385 g/mol. The zero-order valence-electron chi connectivity index (χ0n) is 15.6. The molecule has 0 radical (unpaired) electrons. The first-order valence-electron chi connectivity index (χ1n) is 8.74. The number of rotatable bonds is 7. The molecule has 7 heteroatoms. The number of benzene rings is 2. The highest BCUT2D eigenvalue weighted by atomic mass is 32.2. The molecule has 0 spiro atoms. The second-order valence-electron chi connectivity index (χ2n) is 5.91. The van der Waals surface area contributed by atoms with E-state index in [4.69, 9.17) is 14.3 Å². The van der Waals surface area contributed by atoms with Crippen molar-refractivity contribution < 1.29 is 13.7 Å². The summed E-state index contributed by atoms with van der Waals surface area (Å²) in [5.74, 6) is 2.01. The molecule has 0 saturated carbocycles. The fraction of sp³-hybridized carbons (Fsp3) is 0.250. The molecule has 6 nitrogen and oxygen atoms in total. The van der Waals surface area contributed by atoms with Gasteiger partial charge in [0, 0.05) is 30.7 Å². The van der Waals surface area contributed by atoms with Gasteiger partial charge in [-0.15, -0.1) is 0 Å². The third kappa shape index (κ3) is 3.89. The van der Waals surface area contributed by atoms with E-state index in [1.807, 2.05) is 32.0 Å². The lowest BCUT2D eigenvalue weighted by atomic mass is 10.2. The Bertz CT molecular complexity index is 1030. The van der Waals surface area contributed by atoms with Crippen LogP contribution in [0.25, 0.3) is 10.9 Å². The first-order valence-corrected chi connectivity index (χ1v) is 10.3. The van der Waals surface area contributed by atoms with Crippen molar-refractivity contribution in [1.29, 1.82) is 4.78 Å². The lowest BCUT2D eigenvalue weighted by Crippen LogP contribution is -2.29. The van der Waals surface area contributed by atoms with E-state index in [1.165, 1.54) is 0 Å². The van der Waals surface area contributed by atoms with Gasteiger partial charge < -0.3 is 9.47 Å². The van der Waals surface area contributed by atoms with Crippen LogP contribution in [0, 0.1) is 4.78 Å². The molecule has 3 rings (SSSR count). The van der Waals surface area contributed by atoms with Crippen molar-refractivity contribution in [3.8, 4) is 17.2 Å². The molecule has 0 bridgehead atoms. The zero-order chi connectivity index (χ0) is 19.4. The predicted octanol–water partition coefficient (Wildman–Crippen LogP) is 4.70. The van der Waals surface area contributed by atoms with E-state index in [0.717, 1.165) is 16.7 Å². The zero-order valence-corrected chi connectivity index (χ0v) is 16.5. The quantitative estimate of drug-likeness (QED) is 0.640. The van der Waals surface area contributed by atoms with Crippen LogP contribution in [0.2, 0.25) is 0 Å². The van der Waals surface area contributed by atoms with Crippen molar-refractivity contribution in [2.75, 3.05) is 20.2 Å². The maximum absolute atomic E-state index is 12.8. The van der Waals surface area contributed by atoms with Crippen molar-refractivity contribution >= 4 is 20.8 Å². The minimum Gasteiger partial charge on any atom is -0.497 e. The van der Waals surface area contributed by atoms with Crippen molar-refractivity contribution in [3.63, 3.8) is 0 Å². The minimum atomic E-state index is -2.98. The van der Waals surface area contributed by atoms with E-state index >= 15 is 0 Å². The molecule has 27 heavy (non-hydrogen) atoms. The van der Waals surface area contributed by atoms with E-state index in [0.29, 0.717) is 29.5 Å². The van der Waals surface area contributed by atoms with Gasteiger partial charge in [0.15, 0.2) is 0 Å². The van der Waals surface area contributed by atoms with Gasteiger partial charge >= 0.3 is 0 Å². The molecule has 142 valence electrons. The van der Waals surface area contributed by atoms with Crippen molar-refractivity contribution in [1.82, 2.24) is 9.29 Å². The Hall–Kier alpha value is -2.64. The maximum Gasteiger partial charge on any atom is 0.138 e. The topological polar surface area (TPSA) is 75.5 Å². The summed E-state index contributed by atoms with van der Waals surface area (Å²) in [5, 5.41) is 0.870. The lowest BCUT2D eigenvalue weighted by Gasteiger charge is -2.21. The summed E-state index contributed by atoms with van der Waals surface area (Å²) in [4.78, 5) is 4.82. The number of aromatic nitrogens is 1. The summed E-state index contributed by atoms with van der Waals surface area (Å²) in [5.41, 5.74) is 0.777. The number of hydrogen-bond acceptors (Lipinski definition) is 5. The number of nitrogens with zero attached hydrogens (tertiary/aromatic N) is 2. The highest BCUT2D eigenvalue weighted by molar-refractivity contribution is 7.90. The molecule has 1 N–H and O–H groups in total. The number of methoxy groups -OCH3 is 1. The molecule has 0 saturated heterocycles. The Kier molecular flexibility index (Phi) is 5.62. The maximum atomic E-state index is 12.8. The summed E-state index contributed by atoms with van der Waals surface area (Å²) in [6.07, 6.45) is 1.68. The largest absolute Gasteiger partial charge is 0.497 e. The highest BCUT2D eigenvalue weighted by Gasteiger charge is 2.17.